The first-order chi connectivity index (χ1) is 32.9. The summed E-state index contributed by atoms with van der Waals surface area (Å²) in [4.78, 5) is 32.1. The molecule has 0 unspecified atom stereocenters. The zero-order valence-corrected chi connectivity index (χ0v) is 38.6. The van der Waals surface area contributed by atoms with Crippen molar-refractivity contribution in [1.82, 2.24) is 39.8 Å². The molecular weight excluding hydrogens is 869 g/mol. The largest absolute Gasteiger partial charge is 0.490 e. The van der Waals surface area contributed by atoms with Gasteiger partial charge in [-0.3, -0.25) is 19.0 Å². The van der Waals surface area contributed by atoms with Crippen LogP contribution < -0.4 is 9.47 Å². The topological polar surface area (TPSA) is 232 Å². The maximum Gasteiger partial charge on any atom is 0.305 e. The van der Waals surface area contributed by atoms with E-state index in [1.807, 2.05) is 79.7 Å². The van der Waals surface area contributed by atoms with Crippen molar-refractivity contribution < 1.29 is 37.6 Å². The lowest BCUT2D eigenvalue weighted by Gasteiger charge is -2.11. The van der Waals surface area contributed by atoms with Crippen LogP contribution in [0.4, 0.5) is 0 Å². The number of ether oxygens (including phenoxy) is 4. The van der Waals surface area contributed by atoms with Crippen LogP contribution in [0.3, 0.4) is 0 Å². The zero-order chi connectivity index (χ0) is 48.2. The molecule has 0 radical (unpaired) electrons. The molecule has 0 amide bonds. The molecule has 8 aromatic rings. The van der Waals surface area contributed by atoms with Crippen molar-refractivity contribution in [1.29, 1.82) is 10.5 Å². The van der Waals surface area contributed by atoms with Crippen molar-refractivity contribution in [2.24, 2.45) is 0 Å². The van der Waals surface area contributed by atoms with Crippen LogP contribution in [0.25, 0.3) is 67.5 Å². The van der Waals surface area contributed by atoms with Crippen LogP contribution in [-0.2, 0) is 32.2 Å². The molecule has 0 N–H and O–H groups in total. The monoisotopic (exact) mass is 918 g/mol. The first-order valence-electron chi connectivity index (χ1n) is 22.3. The Bertz CT molecular complexity index is 3000. The predicted molar refractivity (Wildman–Crippen MR) is 250 cm³/mol. The third-order valence-electron chi connectivity index (χ3n) is 10.1. The van der Waals surface area contributed by atoms with E-state index in [1.54, 1.807) is 56.4 Å². The number of esters is 2. The summed E-state index contributed by atoms with van der Waals surface area (Å²) in [6.45, 7) is 13.2. The number of nitrogens with zero attached hydrogens (tertiary/aromatic N) is 10. The van der Waals surface area contributed by atoms with Gasteiger partial charge >= 0.3 is 11.9 Å². The Morgan fingerprint density at radius 1 is 0.662 bits per heavy atom. The number of carbonyl (C=O) groups is 2. The molecule has 0 atom stereocenters. The molecule has 18 heteroatoms. The quantitative estimate of drug-likeness (QED) is 0.0729. The maximum atomic E-state index is 11.5. The van der Waals surface area contributed by atoms with Gasteiger partial charge in [0.2, 0.25) is 11.6 Å². The van der Waals surface area contributed by atoms with Crippen LogP contribution in [0, 0.1) is 22.7 Å². The summed E-state index contributed by atoms with van der Waals surface area (Å²) in [6.07, 6.45) is 5.65. The fourth-order valence-electron chi connectivity index (χ4n) is 7.09. The van der Waals surface area contributed by atoms with Gasteiger partial charge < -0.3 is 28.0 Å². The van der Waals surface area contributed by atoms with Crippen LogP contribution in [0.5, 0.6) is 11.5 Å². The van der Waals surface area contributed by atoms with E-state index in [0.29, 0.717) is 109 Å². The van der Waals surface area contributed by atoms with Crippen LogP contribution in [0.1, 0.15) is 78.4 Å². The summed E-state index contributed by atoms with van der Waals surface area (Å²) in [5, 5.41) is 38.0. The molecule has 0 aliphatic rings. The van der Waals surface area contributed by atoms with Crippen molar-refractivity contribution in [2.45, 2.75) is 92.5 Å². The van der Waals surface area contributed by atoms with E-state index in [0.717, 1.165) is 32.9 Å². The van der Waals surface area contributed by atoms with Gasteiger partial charge in [0.25, 0.3) is 11.8 Å². The van der Waals surface area contributed by atoms with Gasteiger partial charge in [0, 0.05) is 65.2 Å². The van der Waals surface area contributed by atoms with E-state index < -0.39 is 0 Å². The number of nitriles is 2. The van der Waals surface area contributed by atoms with Gasteiger partial charge in [-0.1, -0.05) is 10.3 Å². The normalized spacial score (nSPS) is 11.0. The molecule has 18 nitrogen and oxygen atoms in total. The second kappa shape index (κ2) is 22.2. The minimum absolute atomic E-state index is 0.0372. The van der Waals surface area contributed by atoms with E-state index in [4.69, 9.17) is 28.0 Å². The van der Waals surface area contributed by atoms with Crippen LogP contribution in [-0.4, -0.2) is 77.2 Å². The average Bonchev–Trinajstić information content (AvgIpc) is 4.16. The third-order valence-corrected chi connectivity index (χ3v) is 10.1. The average molecular weight is 919 g/mol. The molecule has 8 rings (SSSR count). The molecule has 4 heterocycles. The van der Waals surface area contributed by atoms with E-state index in [2.05, 4.69) is 42.6 Å². The number of benzene rings is 4. The smallest absolute Gasteiger partial charge is 0.305 e. The molecule has 0 saturated heterocycles. The van der Waals surface area contributed by atoms with Gasteiger partial charge in [-0.15, -0.1) is 0 Å². The van der Waals surface area contributed by atoms with Crippen molar-refractivity contribution in [2.75, 3.05) is 13.2 Å². The third kappa shape index (κ3) is 11.9. The van der Waals surface area contributed by atoms with Crippen LogP contribution in [0.15, 0.2) is 94.2 Å². The number of rotatable bonds is 18. The predicted octanol–water partition coefficient (Wildman–Crippen LogP) is 9.51. The molecule has 0 bridgehead atoms. The van der Waals surface area contributed by atoms with E-state index in [-0.39, 0.29) is 24.1 Å². The molecule has 4 aromatic carbocycles. The number of aryl methyl sites for hydroxylation is 2. The minimum atomic E-state index is -0.196. The Morgan fingerprint density at radius 3 is 1.71 bits per heavy atom. The molecule has 0 spiro atoms. The highest BCUT2D eigenvalue weighted by atomic mass is 16.5. The number of aromatic nitrogens is 8. The van der Waals surface area contributed by atoms with Gasteiger partial charge in [-0.2, -0.15) is 30.7 Å². The molecular formula is C50H50N10O8. The summed E-state index contributed by atoms with van der Waals surface area (Å²) < 4.78 is 35.9. The van der Waals surface area contributed by atoms with Gasteiger partial charge in [-0.05, 0) is 127 Å². The highest BCUT2D eigenvalue weighted by Crippen LogP contribution is 2.31. The lowest BCUT2D eigenvalue weighted by molar-refractivity contribution is -0.144. The van der Waals surface area contributed by atoms with Crippen molar-refractivity contribution in [3.63, 3.8) is 0 Å². The number of hydrogen-bond acceptors (Lipinski definition) is 16. The zero-order valence-electron chi connectivity index (χ0n) is 38.6. The van der Waals surface area contributed by atoms with Crippen molar-refractivity contribution in [3.05, 3.63) is 96.3 Å². The van der Waals surface area contributed by atoms with E-state index >= 15 is 0 Å². The summed E-state index contributed by atoms with van der Waals surface area (Å²) in [6, 6.07) is 26.2. The second-order valence-electron chi connectivity index (χ2n) is 15.9. The summed E-state index contributed by atoms with van der Waals surface area (Å²) in [5.74, 6) is 2.16. The second-order valence-corrected chi connectivity index (χ2v) is 15.9. The summed E-state index contributed by atoms with van der Waals surface area (Å²) in [7, 11) is 0. The Morgan fingerprint density at radius 2 is 1.18 bits per heavy atom. The van der Waals surface area contributed by atoms with Gasteiger partial charge in [0.15, 0.2) is 0 Å². The first kappa shape index (κ1) is 47.6. The van der Waals surface area contributed by atoms with Crippen LogP contribution >= 0.6 is 0 Å². The Hall–Kier alpha value is -8.38. The van der Waals surface area contributed by atoms with E-state index in [9.17, 15) is 20.1 Å². The lowest BCUT2D eigenvalue weighted by Crippen LogP contribution is -2.07. The number of hydrogen-bond donors (Lipinski definition) is 0. The standard InChI is InChI=1S/2C25H25N5O4/c1-4-32-23(31)6-5-11-30-15-20-12-17(7-9-21(20)28-30)24-27-25(34-29-24)18-8-10-22(33-16(2)3)19(13-18)14-26;1-4-32-23(31)6-5-11-30-21-9-7-17(12-20(21)15-27-30)24-28-25(34-29-24)18-8-10-22(33-16(2)3)19(13-18)14-26/h2*7-10,12-13,15-16H,4-6,11H2,1-3H3. The molecule has 0 aliphatic heterocycles. The highest BCUT2D eigenvalue weighted by Gasteiger charge is 2.17. The molecule has 348 valence electrons. The fourth-order valence-corrected chi connectivity index (χ4v) is 7.09. The van der Waals surface area contributed by atoms with Crippen molar-refractivity contribution in [3.8, 4) is 69.3 Å². The molecule has 0 aliphatic carbocycles. The molecule has 0 fully saturated rings. The summed E-state index contributed by atoms with van der Waals surface area (Å²) >= 11 is 0. The number of carbonyl (C=O) groups excluding carboxylic acids is 2. The van der Waals surface area contributed by atoms with Gasteiger partial charge in [-0.25, -0.2) is 0 Å². The highest BCUT2D eigenvalue weighted by molar-refractivity contribution is 5.84. The van der Waals surface area contributed by atoms with Gasteiger partial charge in [0.1, 0.15) is 23.6 Å². The SMILES string of the molecule is CCOC(=O)CCCn1cc2cc(-c3noc(-c4ccc(OC(C)C)c(C#N)c4)n3)ccc2n1.CCOC(=O)CCCn1ncc2cc(-c3noc(-c4ccc(OC(C)C)c(C#N)c4)n3)ccc21. The first-order valence-corrected chi connectivity index (χ1v) is 22.3. The van der Waals surface area contributed by atoms with Gasteiger partial charge in [0.05, 0.1) is 53.8 Å². The Labute approximate surface area is 392 Å². The minimum Gasteiger partial charge on any atom is -0.490 e. The summed E-state index contributed by atoms with van der Waals surface area (Å²) in [5.41, 5.74) is 5.45. The fraction of sp³-hybridized carbons (Fsp3) is 0.320. The van der Waals surface area contributed by atoms with E-state index in [1.165, 1.54) is 0 Å². The molecule has 0 saturated carbocycles. The maximum absolute atomic E-state index is 11.5. The number of fused-ring (bicyclic) bond motifs is 2. The lowest BCUT2D eigenvalue weighted by atomic mass is 10.1. The van der Waals surface area contributed by atoms with Crippen LogP contribution in [0.2, 0.25) is 0 Å². The molecule has 68 heavy (non-hydrogen) atoms. The van der Waals surface area contributed by atoms with Crippen molar-refractivity contribution >= 4 is 33.7 Å². The Balaban J connectivity index is 0.000000201. The molecule has 4 aromatic heterocycles. The Kier molecular flexibility index (Phi) is 15.5.